The Morgan fingerprint density at radius 2 is 2.05 bits per heavy atom. The lowest BCUT2D eigenvalue weighted by Crippen LogP contribution is -2.30. The van der Waals surface area contributed by atoms with Crippen LogP contribution >= 0.6 is 22.6 Å². The lowest BCUT2D eigenvalue weighted by atomic mass is 10.1. The molecule has 3 nitrogen and oxygen atoms in total. The standard InChI is InChI=1S/C15H20INO2/c1-3-17(4-2)15(18)13-8-7-12(16)9-14(13)19-10-11-5-6-11/h7-9,11H,3-6,10H2,1-2H3. The number of halogens is 1. The molecule has 0 saturated heterocycles. The highest BCUT2D eigenvalue weighted by Crippen LogP contribution is 2.31. The van der Waals surface area contributed by atoms with Crippen LogP contribution in [-0.2, 0) is 0 Å². The highest BCUT2D eigenvalue weighted by molar-refractivity contribution is 14.1. The Morgan fingerprint density at radius 3 is 2.63 bits per heavy atom. The number of benzene rings is 1. The van der Waals surface area contributed by atoms with Crippen molar-refractivity contribution in [3.05, 3.63) is 27.3 Å². The van der Waals surface area contributed by atoms with Crippen molar-refractivity contribution in [3.63, 3.8) is 0 Å². The zero-order chi connectivity index (χ0) is 13.8. The fraction of sp³-hybridized carbons (Fsp3) is 0.533. The maximum atomic E-state index is 12.4. The Labute approximate surface area is 128 Å². The van der Waals surface area contributed by atoms with Crippen molar-refractivity contribution < 1.29 is 9.53 Å². The van der Waals surface area contributed by atoms with Gasteiger partial charge < -0.3 is 9.64 Å². The van der Waals surface area contributed by atoms with E-state index in [0.717, 1.165) is 29.0 Å². The van der Waals surface area contributed by atoms with E-state index >= 15 is 0 Å². The van der Waals surface area contributed by atoms with Gasteiger partial charge in [0.15, 0.2) is 0 Å². The summed E-state index contributed by atoms with van der Waals surface area (Å²) in [5.74, 6) is 1.48. The zero-order valence-corrected chi connectivity index (χ0v) is 13.6. The number of hydrogen-bond donors (Lipinski definition) is 0. The summed E-state index contributed by atoms with van der Waals surface area (Å²) in [7, 11) is 0. The fourth-order valence-corrected chi connectivity index (χ4v) is 2.43. The lowest BCUT2D eigenvalue weighted by molar-refractivity contribution is 0.0768. The molecule has 0 atom stereocenters. The minimum atomic E-state index is 0.0622. The van der Waals surface area contributed by atoms with Gasteiger partial charge in [-0.15, -0.1) is 0 Å². The van der Waals surface area contributed by atoms with Crippen LogP contribution in [0.2, 0.25) is 0 Å². The van der Waals surface area contributed by atoms with Crippen LogP contribution in [0.1, 0.15) is 37.0 Å². The first-order chi connectivity index (χ1) is 9.15. The first-order valence-corrected chi connectivity index (χ1v) is 7.95. The number of rotatable bonds is 6. The summed E-state index contributed by atoms with van der Waals surface area (Å²) in [5, 5.41) is 0. The van der Waals surface area contributed by atoms with Crippen LogP contribution in [-0.4, -0.2) is 30.5 Å². The van der Waals surface area contributed by atoms with Crippen LogP contribution < -0.4 is 4.74 Å². The van der Waals surface area contributed by atoms with Crippen molar-refractivity contribution in [2.75, 3.05) is 19.7 Å². The first-order valence-electron chi connectivity index (χ1n) is 6.87. The molecule has 1 aliphatic carbocycles. The number of ether oxygens (including phenoxy) is 1. The van der Waals surface area contributed by atoms with Crippen molar-refractivity contribution in [2.45, 2.75) is 26.7 Å². The van der Waals surface area contributed by atoms with Gasteiger partial charge in [-0.1, -0.05) is 0 Å². The van der Waals surface area contributed by atoms with Crippen LogP contribution in [0.5, 0.6) is 5.75 Å². The number of nitrogens with zero attached hydrogens (tertiary/aromatic N) is 1. The van der Waals surface area contributed by atoms with E-state index in [4.69, 9.17) is 4.74 Å². The molecule has 1 aromatic rings. The summed E-state index contributed by atoms with van der Waals surface area (Å²) in [6.45, 7) is 6.18. The van der Waals surface area contributed by atoms with Crippen LogP contribution in [0.15, 0.2) is 18.2 Å². The van der Waals surface area contributed by atoms with E-state index < -0.39 is 0 Å². The SMILES string of the molecule is CCN(CC)C(=O)c1ccc(I)cc1OCC1CC1. The van der Waals surface area contributed by atoms with E-state index in [1.54, 1.807) is 0 Å². The monoisotopic (exact) mass is 373 g/mol. The molecule has 0 spiro atoms. The van der Waals surface area contributed by atoms with Gasteiger partial charge in [0.25, 0.3) is 5.91 Å². The average Bonchev–Trinajstić information content (AvgIpc) is 3.21. The minimum Gasteiger partial charge on any atom is -0.492 e. The van der Waals surface area contributed by atoms with Crippen LogP contribution in [0.25, 0.3) is 0 Å². The van der Waals surface area contributed by atoms with Crippen molar-refractivity contribution >= 4 is 28.5 Å². The van der Waals surface area contributed by atoms with Gasteiger partial charge in [0.05, 0.1) is 12.2 Å². The maximum Gasteiger partial charge on any atom is 0.257 e. The molecule has 2 rings (SSSR count). The number of hydrogen-bond acceptors (Lipinski definition) is 2. The minimum absolute atomic E-state index is 0.0622. The normalized spacial score (nSPS) is 14.3. The van der Waals surface area contributed by atoms with E-state index in [1.807, 2.05) is 36.9 Å². The molecule has 1 saturated carbocycles. The third-order valence-corrected chi connectivity index (χ3v) is 4.07. The van der Waals surface area contributed by atoms with Gasteiger partial charge in [0.2, 0.25) is 0 Å². The summed E-state index contributed by atoms with van der Waals surface area (Å²) in [5.41, 5.74) is 0.685. The quantitative estimate of drug-likeness (QED) is 0.714. The Morgan fingerprint density at radius 1 is 1.37 bits per heavy atom. The second kappa shape index (κ2) is 6.59. The summed E-state index contributed by atoms with van der Waals surface area (Å²) >= 11 is 2.25. The van der Waals surface area contributed by atoms with E-state index in [2.05, 4.69) is 22.6 Å². The first kappa shape index (κ1) is 14.6. The molecule has 0 unspecified atom stereocenters. The second-order valence-electron chi connectivity index (χ2n) is 4.87. The molecule has 1 fully saturated rings. The fourth-order valence-electron chi connectivity index (χ4n) is 1.97. The molecule has 1 amide bonds. The average molecular weight is 373 g/mol. The zero-order valence-electron chi connectivity index (χ0n) is 11.5. The van der Waals surface area contributed by atoms with E-state index in [-0.39, 0.29) is 5.91 Å². The van der Waals surface area contributed by atoms with Crippen molar-refractivity contribution in [1.82, 2.24) is 4.90 Å². The van der Waals surface area contributed by atoms with Crippen molar-refractivity contribution in [1.29, 1.82) is 0 Å². The van der Waals surface area contributed by atoms with Gasteiger partial charge in [-0.2, -0.15) is 0 Å². The lowest BCUT2D eigenvalue weighted by Gasteiger charge is -2.20. The molecule has 0 aromatic heterocycles. The van der Waals surface area contributed by atoms with Crippen LogP contribution in [0.4, 0.5) is 0 Å². The molecule has 1 aliphatic rings. The Bertz CT molecular complexity index is 453. The molecular formula is C15H20INO2. The molecule has 104 valence electrons. The van der Waals surface area contributed by atoms with Crippen molar-refractivity contribution in [3.8, 4) is 5.75 Å². The molecule has 4 heteroatoms. The number of amides is 1. The highest BCUT2D eigenvalue weighted by atomic mass is 127. The van der Waals surface area contributed by atoms with Crippen LogP contribution in [0.3, 0.4) is 0 Å². The van der Waals surface area contributed by atoms with Gasteiger partial charge in [0, 0.05) is 16.7 Å². The van der Waals surface area contributed by atoms with E-state index in [0.29, 0.717) is 11.5 Å². The number of carbonyl (C=O) groups excluding carboxylic acids is 1. The molecule has 0 N–H and O–H groups in total. The van der Waals surface area contributed by atoms with Gasteiger partial charge in [0.1, 0.15) is 5.75 Å². The second-order valence-corrected chi connectivity index (χ2v) is 6.12. The molecule has 0 bridgehead atoms. The Kier molecular flexibility index (Phi) is 5.07. The third-order valence-electron chi connectivity index (χ3n) is 3.40. The number of carbonyl (C=O) groups is 1. The Balaban J connectivity index is 2.19. The van der Waals surface area contributed by atoms with Crippen molar-refractivity contribution in [2.24, 2.45) is 5.92 Å². The predicted octanol–water partition coefficient (Wildman–Crippen LogP) is 3.56. The summed E-state index contributed by atoms with van der Waals surface area (Å²) in [6, 6.07) is 5.80. The van der Waals surface area contributed by atoms with Gasteiger partial charge in [-0.3, -0.25) is 4.79 Å². The smallest absolute Gasteiger partial charge is 0.257 e. The maximum absolute atomic E-state index is 12.4. The molecule has 0 aliphatic heterocycles. The van der Waals surface area contributed by atoms with Gasteiger partial charge in [-0.05, 0) is 73.4 Å². The summed E-state index contributed by atoms with van der Waals surface area (Å²) in [6.07, 6.45) is 2.51. The van der Waals surface area contributed by atoms with E-state index in [9.17, 15) is 4.79 Å². The predicted molar refractivity (Wildman–Crippen MR) is 84.6 cm³/mol. The summed E-state index contributed by atoms with van der Waals surface area (Å²) < 4.78 is 6.95. The molecule has 0 heterocycles. The molecule has 0 radical (unpaired) electrons. The summed E-state index contributed by atoms with van der Waals surface area (Å²) in [4.78, 5) is 14.3. The Hall–Kier alpha value is -0.780. The highest BCUT2D eigenvalue weighted by Gasteiger charge is 2.24. The van der Waals surface area contributed by atoms with E-state index in [1.165, 1.54) is 12.8 Å². The molecule has 1 aromatic carbocycles. The topological polar surface area (TPSA) is 29.5 Å². The molecule has 19 heavy (non-hydrogen) atoms. The van der Waals surface area contributed by atoms with Gasteiger partial charge >= 0.3 is 0 Å². The van der Waals surface area contributed by atoms with Crippen LogP contribution in [0, 0.1) is 9.49 Å². The molecular weight excluding hydrogens is 353 g/mol. The van der Waals surface area contributed by atoms with Gasteiger partial charge in [-0.25, -0.2) is 0 Å². The third kappa shape index (κ3) is 3.84. The largest absolute Gasteiger partial charge is 0.492 e.